The summed E-state index contributed by atoms with van der Waals surface area (Å²) in [6.07, 6.45) is -0.263. The smallest absolute Gasteiger partial charge is 0.251 e. The zero-order chi connectivity index (χ0) is 14.0. The van der Waals surface area contributed by atoms with Crippen molar-refractivity contribution in [1.82, 2.24) is 10.9 Å². The summed E-state index contributed by atoms with van der Waals surface area (Å²) in [6, 6.07) is 4.77. The van der Waals surface area contributed by atoms with Gasteiger partial charge in [0.15, 0.2) is 0 Å². The first-order chi connectivity index (χ1) is 8.99. The molecule has 1 saturated heterocycles. The second kappa shape index (κ2) is 5.46. The van der Waals surface area contributed by atoms with E-state index in [1.807, 2.05) is 0 Å². The Hall–Kier alpha value is -1.79. The lowest BCUT2D eigenvalue weighted by molar-refractivity contribution is -0.131. The monoisotopic (exact) mass is 301 g/mol. The molecule has 8 heteroatoms. The molecule has 0 saturated carbocycles. The van der Waals surface area contributed by atoms with Crippen LogP contribution in [0.3, 0.4) is 0 Å². The molecule has 0 spiro atoms. The molecular formula is C11H9Cl2N3O3. The average molecular weight is 302 g/mol. The molecule has 0 atom stereocenters. The Morgan fingerprint density at radius 2 is 1.84 bits per heavy atom. The van der Waals surface area contributed by atoms with Crippen LogP contribution in [0.4, 0.5) is 5.69 Å². The van der Waals surface area contributed by atoms with E-state index in [2.05, 4.69) is 16.2 Å². The van der Waals surface area contributed by atoms with Crippen LogP contribution in [0.1, 0.15) is 6.42 Å². The van der Waals surface area contributed by atoms with Gasteiger partial charge in [-0.1, -0.05) is 29.3 Å². The SMILES string of the molecule is O=C(CC1C(=O)NNC1=O)Nc1cccc(Cl)c1Cl. The molecule has 100 valence electrons. The Labute approximate surface area is 118 Å². The van der Waals surface area contributed by atoms with Crippen molar-refractivity contribution in [3.8, 4) is 0 Å². The summed E-state index contributed by atoms with van der Waals surface area (Å²) >= 11 is 11.7. The van der Waals surface area contributed by atoms with E-state index in [9.17, 15) is 14.4 Å². The molecule has 2 rings (SSSR count). The summed E-state index contributed by atoms with van der Waals surface area (Å²) in [7, 11) is 0. The minimum atomic E-state index is -1.03. The standard InChI is InChI=1S/C11H9Cl2N3O3/c12-6-2-1-3-7(9(6)13)14-8(17)4-5-10(18)15-16-11(5)19/h1-3,5H,4H2,(H,14,17)(H,15,18)(H,16,19). The highest BCUT2D eigenvalue weighted by atomic mass is 35.5. The van der Waals surface area contributed by atoms with Crippen LogP contribution < -0.4 is 16.2 Å². The lowest BCUT2D eigenvalue weighted by Gasteiger charge is -2.09. The van der Waals surface area contributed by atoms with Crippen LogP contribution >= 0.6 is 23.2 Å². The third kappa shape index (κ3) is 2.97. The molecular weight excluding hydrogens is 293 g/mol. The highest BCUT2D eigenvalue weighted by Gasteiger charge is 2.34. The molecule has 1 fully saturated rings. The van der Waals surface area contributed by atoms with Gasteiger partial charge in [-0.05, 0) is 12.1 Å². The molecule has 0 bridgehead atoms. The largest absolute Gasteiger partial charge is 0.325 e. The maximum atomic E-state index is 11.8. The van der Waals surface area contributed by atoms with Crippen LogP contribution in [0, 0.1) is 5.92 Å². The van der Waals surface area contributed by atoms with E-state index in [0.717, 1.165) is 0 Å². The minimum Gasteiger partial charge on any atom is -0.325 e. The number of hydrazine groups is 1. The van der Waals surface area contributed by atoms with Gasteiger partial charge in [0.1, 0.15) is 5.92 Å². The quantitative estimate of drug-likeness (QED) is 0.731. The second-order valence-electron chi connectivity index (χ2n) is 3.88. The summed E-state index contributed by atoms with van der Waals surface area (Å²) in [4.78, 5) is 34.3. The van der Waals surface area contributed by atoms with E-state index < -0.39 is 23.6 Å². The maximum absolute atomic E-state index is 11.8. The van der Waals surface area contributed by atoms with Crippen LogP contribution in [0.15, 0.2) is 18.2 Å². The van der Waals surface area contributed by atoms with Gasteiger partial charge in [-0.3, -0.25) is 25.2 Å². The van der Waals surface area contributed by atoms with Gasteiger partial charge in [-0.15, -0.1) is 0 Å². The average Bonchev–Trinajstić information content (AvgIpc) is 2.67. The van der Waals surface area contributed by atoms with Gasteiger partial charge in [-0.2, -0.15) is 0 Å². The summed E-state index contributed by atoms with van der Waals surface area (Å²) in [5.41, 5.74) is 4.62. The van der Waals surface area contributed by atoms with Gasteiger partial charge in [0, 0.05) is 6.42 Å². The number of nitrogens with one attached hydrogen (secondary N) is 3. The first kappa shape index (κ1) is 13.6. The molecule has 1 heterocycles. The number of carbonyl (C=O) groups is 3. The highest BCUT2D eigenvalue weighted by Crippen LogP contribution is 2.29. The molecule has 0 radical (unpaired) electrons. The summed E-state index contributed by atoms with van der Waals surface area (Å²) < 4.78 is 0. The van der Waals surface area contributed by atoms with Crippen LogP contribution in [-0.4, -0.2) is 17.7 Å². The molecule has 0 unspecified atom stereocenters. The number of carbonyl (C=O) groups excluding carboxylic acids is 3. The lowest BCUT2D eigenvalue weighted by atomic mass is 10.1. The second-order valence-corrected chi connectivity index (χ2v) is 4.67. The number of hydrogen-bond acceptors (Lipinski definition) is 3. The van der Waals surface area contributed by atoms with Gasteiger partial charge >= 0.3 is 0 Å². The minimum absolute atomic E-state index is 0.206. The Bertz CT molecular complexity index is 546. The van der Waals surface area contributed by atoms with Crippen LogP contribution in [0.5, 0.6) is 0 Å². The molecule has 1 aliphatic heterocycles. The predicted octanol–water partition coefficient (Wildman–Crippen LogP) is 1.10. The van der Waals surface area contributed by atoms with E-state index >= 15 is 0 Å². The fraction of sp³-hybridized carbons (Fsp3) is 0.182. The van der Waals surface area contributed by atoms with Gasteiger partial charge in [-0.25, -0.2) is 0 Å². The first-order valence-corrected chi connectivity index (χ1v) is 6.08. The Morgan fingerprint density at radius 1 is 1.21 bits per heavy atom. The van der Waals surface area contributed by atoms with Crippen molar-refractivity contribution < 1.29 is 14.4 Å². The number of rotatable bonds is 3. The molecule has 19 heavy (non-hydrogen) atoms. The van der Waals surface area contributed by atoms with Gasteiger partial charge in [0.05, 0.1) is 15.7 Å². The third-order valence-electron chi connectivity index (χ3n) is 2.56. The van der Waals surface area contributed by atoms with E-state index in [1.54, 1.807) is 18.2 Å². The fourth-order valence-electron chi connectivity index (χ4n) is 1.59. The Morgan fingerprint density at radius 3 is 2.47 bits per heavy atom. The van der Waals surface area contributed by atoms with E-state index in [-0.39, 0.29) is 11.4 Å². The molecule has 1 aliphatic rings. The molecule has 1 aromatic rings. The molecule has 3 amide bonds. The van der Waals surface area contributed by atoms with Gasteiger partial charge in [0.2, 0.25) is 5.91 Å². The van der Waals surface area contributed by atoms with Crippen molar-refractivity contribution in [2.45, 2.75) is 6.42 Å². The van der Waals surface area contributed by atoms with Gasteiger partial charge in [0.25, 0.3) is 11.8 Å². The van der Waals surface area contributed by atoms with E-state index in [4.69, 9.17) is 23.2 Å². The number of anilines is 1. The van der Waals surface area contributed by atoms with Crippen molar-refractivity contribution >= 4 is 46.6 Å². The van der Waals surface area contributed by atoms with Crippen LogP contribution in [0.25, 0.3) is 0 Å². The van der Waals surface area contributed by atoms with E-state index in [0.29, 0.717) is 10.7 Å². The fourth-order valence-corrected chi connectivity index (χ4v) is 1.94. The summed E-state index contributed by atoms with van der Waals surface area (Å²) in [5.74, 6) is -2.59. The zero-order valence-electron chi connectivity index (χ0n) is 9.50. The normalized spacial score (nSPS) is 15.1. The van der Waals surface area contributed by atoms with Crippen molar-refractivity contribution in [2.24, 2.45) is 5.92 Å². The Kier molecular flexibility index (Phi) is 3.92. The molecule has 0 aliphatic carbocycles. The molecule has 1 aromatic carbocycles. The molecule has 6 nitrogen and oxygen atoms in total. The molecule has 3 N–H and O–H groups in total. The van der Waals surface area contributed by atoms with E-state index in [1.165, 1.54) is 0 Å². The summed E-state index contributed by atoms with van der Waals surface area (Å²) in [5, 5.41) is 3.01. The maximum Gasteiger partial charge on any atom is 0.251 e. The third-order valence-corrected chi connectivity index (χ3v) is 3.38. The van der Waals surface area contributed by atoms with Crippen LogP contribution in [-0.2, 0) is 14.4 Å². The number of amides is 3. The molecule has 0 aromatic heterocycles. The van der Waals surface area contributed by atoms with Gasteiger partial charge < -0.3 is 5.32 Å². The number of hydrogen-bond donors (Lipinski definition) is 3. The van der Waals surface area contributed by atoms with Crippen molar-refractivity contribution in [3.63, 3.8) is 0 Å². The van der Waals surface area contributed by atoms with Crippen LogP contribution in [0.2, 0.25) is 10.0 Å². The lowest BCUT2D eigenvalue weighted by Crippen LogP contribution is -2.28. The highest BCUT2D eigenvalue weighted by molar-refractivity contribution is 6.44. The topological polar surface area (TPSA) is 87.3 Å². The summed E-state index contributed by atoms with van der Waals surface area (Å²) in [6.45, 7) is 0. The van der Waals surface area contributed by atoms with Crippen molar-refractivity contribution in [1.29, 1.82) is 0 Å². The number of halogens is 2. The predicted molar refractivity (Wildman–Crippen MR) is 69.5 cm³/mol. The first-order valence-electron chi connectivity index (χ1n) is 5.32. The van der Waals surface area contributed by atoms with Crippen molar-refractivity contribution in [2.75, 3.05) is 5.32 Å². The zero-order valence-corrected chi connectivity index (χ0v) is 11.0. The Balaban J connectivity index is 2.04. The number of benzene rings is 1. The van der Waals surface area contributed by atoms with Crippen molar-refractivity contribution in [3.05, 3.63) is 28.2 Å².